The number of anilines is 1. The highest BCUT2D eigenvalue weighted by atomic mass is 16.6. The van der Waals surface area contributed by atoms with Crippen molar-refractivity contribution in [3.05, 3.63) is 93.7 Å². The van der Waals surface area contributed by atoms with Crippen molar-refractivity contribution in [3.63, 3.8) is 0 Å². The van der Waals surface area contributed by atoms with Gasteiger partial charge in [-0.15, -0.1) is 0 Å². The Hall–Kier alpha value is -4.27. The van der Waals surface area contributed by atoms with Gasteiger partial charge >= 0.3 is 5.97 Å². The van der Waals surface area contributed by atoms with Crippen LogP contribution >= 0.6 is 0 Å². The summed E-state index contributed by atoms with van der Waals surface area (Å²) in [4.78, 5) is 24.9. The molecule has 0 saturated heterocycles. The minimum absolute atomic E-state index is 0.102. The molecule has 0 atom stereocenters. The van der Waals surface area contributed by atoms with Crippen LogP contribution in [0.1, 0.15) is 21.5 Å². The number of ether oxygens (including phenoxy) is 1. The Bertz CT molecular complexity index is 1030. The van der Waals surface area contributed by atoms with Gasteiger partial charge in [-0.05, 0) is 35.9 Å². The van der Waals surface area contributed by atoms with Gasteiger partial charge in [0, 0.05) is 11.6 Å². The van der Waals surface area contributed by atoms with Gasteiger partial charge in [-0.25, -0.2) is 9.78 Å². The zero-order chi connectivity index (χ0) is 20.6. The number of hydrazone groups is 1. The van der Waals surface area contributed by atoms with Crippen LogP contribution in [-0.4, -0.2) is 27.2 Å². The predicted molar refractivity (Wildman–Crippen MR) is 106 cm³/mol. The van der Waals surface area contributed by atoms with E-state index in [-0.39, 0.29) is 17.9 Å². The molecule has 0 fully saturated rings. The largest absolute Gasteiger partial charge is 0.488 e. The summed E-state index contributed by atoms with van der Waals surface area (Å²) in [7, 11) is 0. The Morgan fingerprint density at radius 2 is 1.93 bits per heavy atom. The van der Waals surface area contributed by atoms with E-state index in [2.05, 4.69) is 15.5 Å². The van der Waals surface area contributed by atoms with Crippen molar-refractivity contribution in [2.24, 2.45) is 5.10 Å². The maximum absolute atomic E-state index is 10.9. The van der Waals surface area contributed by atoms with Gasteiger partial charge < -0.3 is 9.84 Å². The molecule has 29 heavy (non-hydrogen) atoms. The Morgan fingerprint density at radius 3 is 2.59 bits per heavy atom. The molecule has 0 bridgehead atoms. The van der Waals surface area contributed by atoms with Crippen LogP contribution in [0.2, 0.25) is 0 Å². The Labute approximate surface area is 165 Å². The number of rotatable bonds is 8. The minimum Gasteiger partial charge on any atom is -0.488 e. The van der Waals surface area contributed by atoms with E-state index in [9.17, 15) is 14.9 Å². The van der Waals surface area contributed by atoms with Crippen LogP contribution in [0.4, 0.5) is 11.5 Å². The van der Waals surface area contributed by atoms with Crippen LogP contribution in [-0.2, 0) is 6.61 Å². The molecule has 0 spiro atoms. The molecule has 0 aliphatic heterocycles. The second-order valence-electron chi connectivity index (χ2n) is 5.86. The first kappa shape index (κ1) is 19.5. The van der Waals surface area contributed by atoms with Gasteiger partial charge in [-0.3, -0.25) is 15.5 Å². The zero-order valence-corrected chi connectivity index (χ0v) is 15.1. The number of hydrogen-bond acceptors (Lipinski definition) is 7. The minimum atomic E-state index is -0.978. The number of pyridine rings is 1. The number of carboxylic acids is 1. The first-order valence-electron chi connectivity index (χ1n) is 8.46. The molecule has 0 amide bonds. The van der Waals surface area contributed by atoms with E-state index in [1.165, 1.54) is 24.3 Å². The fourth-order valence-electron chi connectivity index (χ4n) is 2.35. The number of nitrogens with one attached hydrogen (secondary N) is 1. The number of aromatic carboxylic acids is 1. The number of nitro groups is 1. The number of para-hydroxylation sites is 1. The van der Waals surface area contributed by atoms with E-state index in [0.717, 1.165) is 11.8 Å². The molecule has 3 rings (SSSR count). The first-order chi connectivity index (χ1) is 14.0. The summed E-state index contributed by atoms with van der Waals surface area (Å²) in [5, 5.41) is 23.7. The SMILES string of the molecule is O=C(O)c1ccc(COc2ccccc2/C=N\Nc2ccc([N+](=O)[O-])cn2)cc1. The van der Waals surface area contributed by atoms with Crippen LogP contribution in [0.15, 0.2) is 72.0 Å². The van der Waals surface area contributed by atoms with E-state index in [0.29, 0.717) is 17.1 Å². The van der Waals surface area contributed by atoms with Crippen LogP contribution in [0.5, 0.6) is 5.75 Å². The van der Waals surface area contributed by atoms with Gasteiger partial charge in [-0.2, -0.15) is 5.10 Å². The third-order valence-electron chi connectivity index (χ3n) is 3.86. The summed E-state index contributed by atoms with van der Waals surface area (Å²) in [6.45, 7) is 0.266. The number of carbonyl (C=O) groups is 1. The summed E-state index contributed by atoms with van der Waals surface area (Å²) in [5.41, 5.74) is 4.36. The molecule has 9 heteroatoms. The molecule has 1 aromatic heterocycles. The van der Waals surface area contributed by atoms with E-state index in [1.807, 2.05) is 18.2 Å². The Balaban J connectivity index is 1.63. The quantitative estimate of drug-likeness (QED) is 0.340. The number of nitrogens with zero attached hydrogens (tertiary/aromatic N) is 3. The van der Waals surface area contributed by atoms with Gasteiger partial charge in [0.25, 0.3) is 5.69 Å². The standard InChI is InChI=1S/C20H16N4O5/c25-20(26)15-7-5-14(6-8-15)13-29-18-4-2-1-3-16(18)11-22-23-19-10-9-17(12-21-19)24(27)28/h1-12H,13H2,(H,21,23)(H,25,26)/b22-11-. The zero-order valence-electron chi connectivity index (χ0n) is 15.1. The smallest absolute Gasteiger partial charge is 0.335 e. The molecule has 2 aromatic carbocycles. The molecule has 2 N–H and O–H groups in total. The lowest BCUT2D eigenvalue weighted by atomic mass is 10.1. The molecular formula is C20H16N4O5. The molecule has 0 aliphatic carbocycles. The maximum atomic E-state index is 10.9. The number of hydrogen-bond donors (Lipinski definition) is 2. The number of benzene rings is 2. The normalized spacial score (nSPS) is 10.6. The molecule has 1 heterocycles. The van der Waals surface area contributed by atoms with Crippen molar-refractivity contribution in [1.29, 1.82) is 0 Å². The van der Waals surface area contributed by atoms with Crippen molar-refractivity contribution in [1.82, 2.24) is 4.98 Å². The van der Waals surface area contributed by atoms with Gasteiger partial charge in [0.2, 0.25) is 0 Å². The summed E-state index contributed by atoms with van der Waals surface area (Å²) in [5.74, 6) is -0.0187. The monoisotopic (exact) mass is 392 g/mol. The van der Waals surface area contributed by atoms with Crippen molar-refractivity contribution in [2.45, 2.75) is 6.61 Å². The highest BCUT2D eigenvalue weighted by Crippen LogP contribution is 2.18. The third-order valence-corrected chi connectivity index (χ3v) is 3.86. The number of aromatic nitrogens is 1. The van der Waals surface area contributed by atoms with E-state index >= 15 is 0 Å². The summed E-state index contributed by atoms with van der Waals surface area (Å²) in [6.07, 6.45) is 2.69. The van der Waals surface area contributed by atoms with Crippen LogP contribution < -0.4 is 10.2 Å². The van der Waals surface area contributed by atoms with Gasteiger partial charge in [-0.1, -0.05) is 24.3 Å². The molecule has 0 unspecified atom stereocenters. The topological polar surface area (TPSA) is 127 Å². The molecule has 9 nitrogen and oxygen atoms in total. The van der Waals surface area contributed by atoms with E-state index < -0.39 is 10.9 Å². The lowest BCUT2D eigenvalue weighted by molar-refractivity contribution is -0.385. The van der Waals surface area contributed by atoms with E-state index in [1.54, 1.807) is 24.4 Å². The summed E-state index contributed by atoms with van der Waals surface area (Å²) in [6, 6.07) is 16.5. The van der Waals surface area contributed by atoms with Crippen molar-refractivity contribution < 1.29 is 19.6 Å². The molecule has 146 valence electrons. The number of carboxylic acid groups (broad SMARTS) is 1. The molecule has 3 aromatic rings. The first-order valence-corrected chi connectivity index (χ1v) is 8.46. The van der Waals surface area contributed by atoms with Gasteiger partial charge in [0.1, 0.15) is 24.4 Å². The lowest BCUT2D eigenvalue weighted by Gasteiger charge is -2.09. The van der Waals surface area contributed by atoms with Crippen molar-refractivity contribution >= 4 is 23.7 Å². The average Bonchev–Trinajstić information content (AvgIpc) is 2.73. The average molecular weight is 392 g/mol. The second kappa shape index (κ2) is 9.09. The maximum Gasteiger partial charge on any atom is 0.335 e. The van der Waals surface area contributed by atoms with Crippen LogP contribution in [0.3, 0.4) is 0 Å². The lowest BCUT2D eigenvalue weighted by Crippen LogP contribution is -2.01. The van der Waals surface area contributed by atoms with Crippen LogP contribution in [0.25, 0.3) is 0 Å². The Kier molecular flexibility index (Phi) is 6.11. The van der Waals surface area contributed by atoms with Gasteiger partial charge in [0.05, 0.1) is 16.7 Å². The van der Waals surface area contributed by atoms with Crippen molar-refractivity contribution in [3.8, 4) is 5.75 Å². The molecular weight excluding hydrogens is 376 g/mol. The van der Waals surface area contributed by atoms with Gasteiger partial charge in [0.15, 0.2) is 0 Å². The Morgan fingerprint density at radius 1 is 1.17 bits per heavy atom. The van der Waals surface area contributed by atoms with Crippen molar-refractivity contribution in [2.75, 3.05) is 5.43 Å². The summed E-state index contributed by atoms with van der Waals surface area (Å²) < 4.78 is 5.81. The highest BCUT2D eigenvalue weighted by Gasteiger charge is 2.06. The molecule has 0 aliphatic rings. The molecule has 0 radical (unpaired) electrons. The van der Waals surface area contributed by atoms with Crippen LogP contribution in [0, 0.1) is 10.1 Å². The molecule has 0 saturated carbocycles. The highest BCUT2D eigenvalue weighted by molar-refractivity contribution is 5.87. The fraction of sp³-hybridized carbons (Fsp3) is 0.0500. The second-order valence-corrected chi connectivity index (χ2v) is 5.86. The predicted octanol–water partition coefficient (Wildman–Crippen LogP) is 3.71. The summed E-state index contributed by atoms with van der Waals surface area (Å²) >= 11 is 0. The third kappa shape index (κ3) is 5.36. The van der Waals surface area contributed by atoms with E-state index in [4.69, 9.17) is 9.84 Å². The fourth-order valence-corrected chi connectivity index (χ4v) is 2.35.